The Morgan fingerprint density at radius 2 is 2.07 bits per heavy atom. The standard InChI is InChI=1S/C20H24N4O5/c1-11(6-8-15(25)23-20-21-10-22-24-20)5-7-13-17(27-3)12(2)14-9-29-19(26)16(14)18(13)28-4/h5,10H,6-9H2,1-4H3,(H2,21,22,23,24,25). The number of carbonyl (C=O) groups excluding carboxylic acids is 2. The Labute approximate surface area is 168 Å². The first-order chi connectivity index (χ1) is 14.0. The molecule has 0 saturated carbocycles. The molecule has 0 spiro atoms. The predicted octanol–water partition coefficient (Wildman–Crippen LogP) is 2.71. The zero-order chi connectivity index (χ0) is 21.0. The number of H-pyrrole nitrogens is 1. The summed E-state index contributed by atoms with van der Waals surface area (Å²) in [5.74, 6) is 0.962. The van der Waals surface area contributed by atoms with Gasteiger partial charge < -0.3 is 14.2 Å². The van der Waals surface area contributed by atoms with Crippen LogP contribution < -0.4 is 14.8 Å². The van der Waals surface area contributed by atoms with E-state index in [-0.39, 0.29) is 18.5 Å². The van der Waals surface area contributed by atoms with Gasteiger partial charge in [0.25, 0.3) is 0 Å². The number of methoxy groups -OCH3 is 2. The molecule has 1 amide bonds. The molecule has 154 valence electrons. The molecule has 1 aliphatic rings. The summed E-state index contributed by atoms with van der Waals surface area (Å²) in [4.78, 5) is 28.0. The predicted molar refractivity (Wildman–Crippen MR) is 105 cm³/mol. The number of esters is 1. The molecule has 0 fully saturated rings. The topological polar surface area (TPSA) is 115 Å². The van der Waals surface area contributed by atoms with Gasteiger partial charge in [0.05, 0.1) is 14.2 Å². The number of nitrogens with one attached hydrogen (secondary N) is 2. The third-order valence-corrected chi connectivity index (χ3v) is 4.90. The largest absolute Gasteiger partial charge is 0.496 e. The first kappa shape index (κ1) is 20.4. The quantitative estimate of drug-likeness (QED) is 0.517. The summed E-state index contributed by atoms with van der Waals surface area (Å²) in [6.07, 6.45) is 4.73. The maximum absolute atomic E-state index is 12.2. The van der Waals surface area contributed by atoms with Crippen LogP contribution in [-0.2, 0) is 22.6 Å². The molecule has 9 nitrogen and oxygen atoms in total. The highest BCUT2D eigenvalue weighted by atomic mass is 16.5. The molecule has 3 rings (SSSR count). The molecule has 0 atom stereocenters. The second kappa shape index (κ2) is 8.76. The summed E-state index contributed by atoms with van der Waals surface area (Å²) in [7, 11) is 3.13. The minimum atomic E-state index is -0.381. The fourth-order valence-corrected chi connectivity index (χ4v) is 3.38. The molecule has 0 radical (unpaired) electrons. The third kappa shape index (κ3) is 4.23. The summed E-state index contributed by atoms with van der Waals surface area (Å²) >= 11 is 0. The Bertz CT molecular complexity index is 951. The van der Waals surface area contributed by atoms with Crippen LogP contribution in [0, 0.1) is 6.92 Å². The van der Waals surface area contributed by atoms with Gasteiger partial charge in [-0.25, -0.2) is 9.89 Å². The zero-order valence-electron chi connectivity index (χ0n) is 16.9. The maximum atomic E-state index is 12.2. The first-order valence-corrected chi connectivity index (χ1v) is 9.20. The summed E-state index contributed by atoms with van der Waals surface area (Å²) in [6, 6.07) is 0. The van der Waals surface area contributed by atoms with Gasteiger partial charge in [0.2, 0.25) is 11.9 Å². The van der Waals surface area contributed by atoms with E-state index in [1.165, 1.54) is 13.4 Å². The van der Waals surface area contributed by atoms with Gasteiger partial charge in [-0.2, -0.15) is 10.1 Å². The van der Waals surface area contributed by atoms with E-state index in [2.05, 4.69) is 20.5 Å². The number of aromatic amines is 1. The number of allylic oxidation sites excluding steroid dienone is 2. The fourth-order valence-electron chi connectivity index (χ4n) is 3.38. The molecule has 0 saturated heterocycles. The van der Waals surface area contributed by atoms with Gasteiger partial charge in [0.1, 0.15) is 30.0 Å². The number of rotatable bonds is 8. The van der Waals surface area contributed by atoms with Crippen molar-refractivity contribution in [3.05, 3.63) is 40.2 Å². The van der Waals surface area contributed by atoms with E-state index in [0.717, 1.165) is 22.3 Å². The van der Waals surface area contributed by atoms with Crippen molar-refractivity contribution in [2.45, 2.75) is 39.7 Å². The van der Waals surface area contributed by atoms with Gasteiger partial charge >= 0.3 is 5.97 Å². The molecule has 0 unspecified atom stereocenters. The van der Waals surface area contributed by atoms with E-state index in [1.54, 1.807) is 7.11 Å². The Balaban J connectivity index is 1.75. The van der Waals surface area contributed by atoms with E-state index >= 15 is 0 Å². The lowest BCUT2D eigenvalue weighted by Crippen LogP contribution is -2.12. The number of nitrogens with zero attached hydrogens (tertiary/aromatic N) is 2. The molecule has 0 bridgehead atoms. The van der Waals surface area contributed by atoms with E-state index in [4.69, 9.17) is 14.2 Å². The highest BCUT2D eigenvalue weighted by Crippen LogP contribution is 2.42. The Morgan fingerprint density at radius 3 is 2.72 bits per heavy atom. The smallest absolute Gasteiger partial charge is 0.342 e. The molecule has 1 aromatic heterocycles. The van der Waals surface area contributed by atoms with E-state index < -0.39 is 0 Å². The highest BCUT2D eigenvalue weighted by molar-refractivity contribution is 5.98. The molecular formula is C20H24N4O5. The molecule has 2 heterocycles. The van der Waals surface area contributed by atoms with E-state index in [1.807, 2.05) is 19.9 Å². The average Bonchev–Trinajstić information content (AvgIpc) is 3.35. The number of fused-ring (bicyclic) bond motifs is 1. The maximum Gasteiger partial charge on any atom is 0.342 e. The van der Waals surface area contributed by atoms with E-state index in [9.17, 15) is 9.59 Å². The number of hydrogen-bond acceptors (Lipinski definition) is 7. The molecule has 0 aliphatic carbocycles. The zero-order valence-corrected chi connectivity index (χ0v) is 16.9. The van der Waals surface area contributed by atoms with Crippen LogP contribution >= 0.6 is 0 Å². The fraction of sp³-hybridized carbons (Fsp3) is 0.400. The minimum Gasteiger partial charge on any atom is -0.496 e. The lowest BCUT2D eigenvalue weighted by molar-refractivity contribution is -0.116. The van der Waals surface area contributed by atoms with Crippen LogP contribution in [0.15, 0.2) is 18.0 Å². The van der Waals surface area contributed by atoms with Crippen molar-refractivity contribution in [2.24, 2.45) is 0 Å². The number of benzene rings is 1. The van der Waals surface area contributed by atoms with Crippen molar-refractivity contribution in [2.75, 3.05) is 19.5 Å². The number of carbonyl (C=O) groups is 2. The molecule has 1 aromatic carbocycles. The van der Waals surface area contributed by atoms with Crippen molar-refractivity contribution < 1.29 is 23.8 Å². The summed E-state index contributed by atoms with van der Waals surface area (Å²) in [5.41, 5.74) is 3.97. The van der Waals surface area contributed by atoms with Gasteiger partial charge in [-0.15, -0.1) is 0 Å². The molecule has 1 aliphatic heterocycles. The van der Waals surface area contributed by atoms with Crippen LogP contribution in [0.4, 0.5) is 5.95 Å². The summed E-state index contributed by atoms with van der Waals surface area (Å²) < 4.78 is 16.4. The normalized spacial score (nSPS) is 13.1. The number of aromatic nitrogens is 3. The number of hydrogen-bond donors (Lipinski definition) is 2. The second-order valence-electron chi connectivity index (χ2n) is 6.74. The van der Waals surface area contributed by atoms with Crippen molar-refractivity contribution in [3.63, 3.8) is 0 Å². The van der Waals surface area contributed by atoms with Crippen LogP contribution in [0.3, 0.4) is 0 Å². The first-order valence-electron chi connectivity index (χ1n) is 9.20. The number of anilines is 1. The Kier molecular flexibility index (Phi) is 6.16. The lowest BCUT2D eigenvalue weighted by atomic mass is 9.94. The number of cyclic esters (lactones) is 1. The van der Waals surface area contributed by atoms with Crippen molar-refractivity contribution in [3.8, 4) is 11.5 Å². The molecule has 2 aromatic rings. The van der Waals surface area contributed by atoms with E-state index in [0.29, 0.717) is 42.3 Å². The molecular weight excluding hydrogens is 376 g/mol. The molecule has 9 heteroatoms. The highest BCUT2D eigenvalue weighted by Gasteiger charge is 2.32. The average molecular weight is 400 g/mol. The van der Waals surface area contributed by atoms with Crippen molar-refractivity contribution in [1.29, 1.82) is 0 Å². The monoisotopic (exact) mass is 400 g/mol. The number of ether oxygens (including phenoxy) is 3. The van der Waals surface area contributed by atoms with Crippen LogP contribution in [0.5, 0.6) is 11.5 Å². The second-order valence-corrected chi connectivity index (χ2v) is 6.74. The van der Waals surface area contributed by atoms with Crippen LogP contribution in [0.1, 0.15) is 46.8 Å². The lowest BCUT2D eigenvalue weighted by Gasteiger charge is -2.18. The van der Waals surface area contributed by atoms with Gasteiger partial charge in [0.15, 0.2) is 0 Å². The summed E-state index contributed by atoms with van der Waals surface area (Å²) in [6.45, 7) is 4.09. The SMILES string of the molecule is COc1c(C)c2c(c(OC)c1CC=C(C)CCC(=O)Nc1ncn[nH]1)C(=O)OC2. The molecule has 2 N–H and O–H groups in total. The third-order valence-electron chi connectivity index (χ3n) is 4.90. The Morgan fingerprint density at radius 1 is 1.31 bits per heavy atom. The van der Waals surface area contributed by atoms with Crippen LogP contribution in [0.2, 0.25) is 0 Å². The van der Waals surface area contributed by atoms with Gasteiger partial charge in [0, 0.05) is 17.5 Å². The Hall–Kier alpha value is -3.36. The van der Waals surface area contributed by atoms with Gasteiger partial charge in [-0.3, -0.25) is 10.1 Å². The summed E-state index contributed by atoms with van der Waals surface area (Å²) in [5, 5.41) is 8.91. The van der Waals surface area contributed by atoms with Crippen molar-refractivity contribution >= 4 is 17.8 Å². The van der Waals surface area contributed by atoms with Gasteiger partial charge in [-0.05, 0) is 32.3 Å². The molecule has 29 heavy (non-hydrogen) atoms. The number of amides is 1. The van der Waals surface area contributed by atoms with Gasteiger partial charge in [-0.1, -0.05) is 11.6 Å². The minimum absolute atomic E-state index is 0.152. The van der Waals surface area contributed by atoms with Crippen molar-refractivity contribution in [1.82, 2.24) is 15.2 Å². The van der Waals surface area contributed by atoms with Crippen LogP contribution in [-0.4, -0.2) is 41.3 Å². The van der Waals surface area contributed by atoms with Crippen LogP contribution in [0.25, 0.3) is 0 Å².